The number of nitrogens with zero attached hydrogens (tertiary/aromatic N) is 1. The molecular formula is C28H28ClNO3. The van der Waals surface area contributed by atoms with E-state index >= 15 is 0 Å². The minimum absolute atomic E-state index is 0.262. The first-order chi connectivity index (χ1) is 15.7. The Morgan fingerprint density at radius 3 is 2.48 bits per heavy atom. The van der Waals surface area contributed by atoms with Gasteiger partial charge in [-0.1, -0.05) is 67.9 Å². The molecule has 0 spiro atoms. The van der Waals surface area contributed by atoms with E-state index in [0.717, 1.165) is 16.7 Å². The second-order valence-corrected chi connectivity index (χ2v) is 9.48. The summed E-state index contributed by atoms with van der Waals surface area (Å²) in [5.41, 5.74) is 2.53. The number of ketones is 1. The summed E-state index contributed by atoms with van der Waals surface area (Å²) in [6.07, 6.45) is 0.303. The first-order valence-electron chi connectivity index (χ1n) is 11.2. The van der Waals surface area contributed by atoms with Gasteiger partial charge in [0.2, 0.25) is 0 Å². The monoisotopic (exact) mass is 461 g/mol. The largest absolute Gasteiger partial charge is 0.375 e. The van der Waals surface area contributed by atoms with Gasteiger partial charge in [-0.2, -0.15) is 0 Å². The fourth-order valence-corrected chi connectivity index (χ4v) is 4.60. The number of halogens is 1. The molecule has 0 radical (unpaired) electrons. The number of aryl methyl sites for hydroxylation is 1. The fraction of sp³-hybridized carbons (Fsp3) is 0.286. The first-order valence-corrected chi connectivity index (χ1v) is 11.6. The first kappa shape index (κ1) is 23.2. The Labute approximate surface area is 199 Å². The Balaban J connectivity index is 1.66. The molecule has 1 aliphatic rings. The van der Waals surface area contributed by atoms with E-state index in [2.05, 4.69) is 13.8 Å². The number of fused-ring (bicyclic) bond motifs is 1. The summed E-state index contributed by atoms with van der Waals surface area (Å²) in [7, 11) is 0. The Morgan fingerprint density at radius 1 is 1.06 bits per heavy atom. The molecule has 1 amide bonds. The summed E-state index contributed by atoms with van der Waals surface area (Å²) < 4.78 is 0. The van der Waals surface area contributed by atoms with Crippen LogP contribution in [0.3, 0.4) is 0 Å². The summed E-state index contributed by atoms with van der Waals surface area (Å²) in [6.45, 7) is 6.40. The van der Waals surface area contributed by atoms with E-state index in [0.29, 0.717) is 34.8 Å². The fourth-order valence-electron chi connectivity index (χ4n) is 4.43. The molecule has 0 unspecified atom stereocenters. The van der Waals surface area contributed by atoms with Crippen LogP contribution in [0.4, 0.5) is 5.69 Å². The number of anilines is 1. The summed E-state index contributed by atoms with van der Waals surface area (Å²) in [5.74, 6) is -0.482. The molecule has 0 saturated heterocycles. The van der Waals surface area contributed by atoms with Gasteiger partial charge < -0.3 is 10.0 Å². The number of carbonyl (C=O) groups excluding carboxylic acids is 2. The predicted octanol–water partition coefficient (Wildman–Crippen LogP) is 5.82. The maximum Gasteiger partial charge on any atom is 0.264 e. The van der Waals surface area contributed by atoms with Crippen LogP contribution in [0.25, 0.3) is 0 Å². The molecule has 0 fully saturated rings. The van der Waals surface area contributed by atoms with E-state index in [4.69, 9.17) is 11.6 Å². The third-order valence-corrected chi connectivity index (χ3v) is 6.64. The number of hydrogen-bond acceptors (Lipinski definition) is 3. The number of carbonyl (C=O) groups is 2. The number of hydrogen-bond donors (Lipinski definition) is 1. The van der Waals surface area contributed by atoms with E-state index in [-0.39, 0.29) is 18.1 Å². The highest BCUT2D eigenvalue weighted by atomic mass is 35.5. The molecule has 0 bridgehead atoms. The van der Waals surface area contributed by atoms with E-state index in [1.54, 1.807) is 23.1 Å². The van der Waals surface area contributed by atoms with Gasteiger partial charge in [0, 0.05) is 22.7 Å². The highest BCUT2D eigenvalue weighted by Gasteiger charge is 2.51. The van der Waals surface area contributed by atoms with Gasteiger partial charge in [0.05, 0.1) is 12.1 Å². The molecule has 0 aromatic heterocycles. The molecule has 1 heterocycles. The molecule has 3 aromatic carbocycles. The predicted molar refractivity (Wildman–Crippen MR) is 132 cm³/mol. The standard InChI is InChI=1S/C28H28ClNO3/c1-18(2)21-10-9-19(3)23(15-21)26(31)17-28(33)24-16-22(29)11-12-25(24)30(27(28)32)14-13-20-7-5-4-6-8-20/h4-12,15-16,18,33H,13-14,17H2,1-3H3/t28-/m0/s1. The van der Waals surface area contributed by atoms with Crippen molar-refractivity contribution in [3.63, 3.8) is 0 Å². The van der Waals surface area contributed by atoms with Crippen molar-refractivity contribution in [1.82, 2.24) is 0 Å². The normalized spacial score (nSPS) is 17.5. The quantitative estimate of drug-likeness (QED) is 0.451. The minimum Gasteiger partial charge on any atom is -0.375 e. The smallest absolute Gasteiger partial charge is 0.264 e. The number of Topliss-reactive ketones (excluding diaryl/α,β-unsaturated/α-hetero) is 1. The van der Waals surface area contributed by atoms with Crippen LogP contribution >= 0.6 is 11.6 Å². The lowest BCUT2D eigenvalue weighted by atomic mass is 9.86. The maximum atomic E-state index is 13.5. The van der Waals surface area contributed by atoms with Gasteiger partial charge in [0.25, 0.3) is 5.91 Å². The van der Waals surface area contributed by atoms with Gasteiger partial charge in [0.1, 0.15) is 0 Å². The van der Waals surface area contributed by atoms with Gasteiger partial charge in [-0.3, -0.25) is 9.59 Å². The van der Waals surface area contributed by atoms with E-state index < -0.39 is 11.5 Å². The number of amides is 1. The molecule has 5 heteroatoms. The van der Waals surface area contributed by atoms with Crippen LogP contribution in [0.2, 0.25) is 5.02 Å². The summed E-state index contributed by atoms with van der Waals surface area (Å²) >= 11 is 6.23. The van der Waals surface area contributed by atoms with Crippen LogP contribution < -0.4 is 4.90 Å². The van der Waals surface area contributed by atoms with Gasteiger partial charge in [0.15, 0.2) is 11.4 Å². The van der Waals surface area contributed by atoms with Gasteiger partial charge >= 0.3 is 0 Å². The molecule has 1 N–H and O–H groups in total. The Morgan fingerprint density at radius 2 is 1.79 bits per heavy atom. The average molecular weight is 462 g/mol. The highest BCUT2D eigenvalue weighted by molar-refractivity contribution is 6.31. The van der Waals surface area contributed by atoms with Crippen LogP contribution in [-0.4, -0.2) is 23.3 Å². The number of benzene rings is 3. The number of rotatable bonds is 7. The van der Waals surface area contributed by atoms with Crippen molar-refractivity contribution in [3.05, 3.63) is 99.6 Å². The molecule has 0 aliphatic carbocycles. The van der Waals surface area contributed by atoms with Crippen LogP contribution in [0, 0.1) is 6.92 Å². The molecule has 33 heavy (non-hydrogen) atoms. The molecule has 1 aliphatic heterocycles. The van der Waals surface area contributed by atoms with Crippen molar-refractivity contribution < 1.29 is 14.7 Å². The molecule has 4 rings (SSSR count). The zero-order valence-electron chi connectivity index (χ0n) is 19.1. The Bertz CT molecular complexity index is 1210. The van der Waals surface area contributed by atoms with Crippen LogP contribution in [-0.2, 0) is 16.8 Å². The SMILES string of the molecule is Cc1ccc(C(C)C)cc1C(=O)C[C@@]1(O)C(=O)N(CCc2ccccc2)c2ccc(Cl)cc21. The average Bonchev–Trinajstić information content (AvgIpc) is 2.99. The molecule has 1 atom stereocenters. The Hall–Kier alpha value is -2.95. The van der Waals surface area contributed by atoms with Gasteiger partial charge in [-0.25, -0.2) is 0 Å². The second-order valence-electron chi connectivity index (χ2n) is 9.04. The lowest BCUT2D eigenvalue weighted by Crippen LogP contribution is -2.42. The molecule has 4 nitrogen and oxygen atoms in total. The molecule has 3 aromatic rings. The lowest BCUT2D eigenvalue weighted by molar-refractivity contribution is -0.135. The van der Waals surface area contributed by atoms with Crippen molar-refractivity contribution in [2.24, 2.45) is 0 Å². The van der Waals surface area contributed by atoms with Gasteiger partial charge in [-0.15, -0.1) is 0 Å². The zero-order chi connectivity index (χ0) is 23.8. The van der Waals surface area contributed by atoms with Crippen molar-refractivity contribution in [2.75, 3.05) is 11.4 Å². The lowest BCUT2D eigenvalue weighted by Gasteiger charge is -2.23. The third kappa shape index (κ3) is 4.46. The minimum atomic E-state index is -1.95. The Kier molecular flexibility index (Phi) is 6.42. The topological polar surface area (TPSA) is 57.6 Å². The van der Waals surface area contributed by atoms with Crippen LogP contribution in [0.15, 0.2) is 66.7 Å². The van der Waals surface area contributed by atoms with Crippen molar-refractivity contribution in [2.45, 2.75) is 45.1 Å². The van der Waals surface area contributed by atoms with Crippen molar-refractivity contribution in [1.29, 1.82) is 0 Å². The van der Waals surface area contributed by atoms with E-state index in [1.165, 1.54) is 0 Å². The van der Waals surface area contributed by atoms with Crippen LogP contribution in [0.5, 0.6) is 0 Å². The van der Waals surface area contributed by atoms with Crippen molar-refractivity contribution >= 4 is 29.0 Å². The summed E-state index contributed by atoms with van der Waals surface area (Å²) in [6, 6.07) is 20.7. The molecular weight excluding hydrogens is 434 g/mol. The number of aliphatic hydroxyl groups is 1. The zero-order valence-corrected chi connectivity index (χ0v) is 19.9. The molecule has 0 saturated carbocycles. The highest BCUT2D eigenvalue weighted by Crippen LogP contribution is 2.44. The van der Waals surface area contributed by atoms with Gasteiger partial charge in [-0.05, 0) is 60.2 Å². The molecule has 170 valence electrons. The third-order valence-electron chi connectivity index (χ3n) is 6.41. The van der Waals surface area contributed by atoms with Crippen LogP contribution in [0.1, 0.15) is 58.8 Å². The summed E-state index contributed by atoms with van der Waals surface area (Å²) in [4.78, 5) is 28.5. The maximum absolute atomic E-state index is 13.5. The van der Waals surface area contributed by atoms with E-state index in [1.807, 2.05) is 55.5 Å². The second kappa shape index (κ2) is 9.12. The summed E-state index contributed by atoms with van der Waals surface area (Å²) in [5, 5.41) is 12.0. The van der Waals surface area contributed by atoms with Crippen molar-refractivity contribution in [3.8, 4) is 0 Å². The van der Waals surface area contributed by atoms with E-state index in [9.17, 15) is 14.7 Å².